The van der Waals surface area contributed by atoms with Crippen LogP contribution in [0.25, 0.3) is 0 Å². The summed E-state index contributed by atoms with van der Waals surface area (Å²) in [4.78, 5) is 1.37. The molecule has 0 fully saturated rings. The van der Waals surface area contributed by atoms with E-state index in [4.69, 9.17) is 0 Å². The first-order chi connectivity index (χ1) is 9.76. The molecular formula is C17H28BrNS. The summed E-state index contributed by atoms with van der Waals surface area (Å²) >= 11 is 5.46. The molecule has 0 saturated heterocycles. The van der Waals surface area contributed by atoms with Gasteiger partial charge in [0.15, 0.2) is 0 Å². The number of thioether (sulfide) groups is 1. The first-order valence-electron chi connectivity index (χ1n) is 7.88. The fourth-order valence-electron chi connectivity index (χ4n) is 2.14. The lowest BCUT2D eigenvalue weighted by Gasteiger charge is -2.18. The van der Waals surface area contributed by atoms with Gasteiger partial charge >= 0.3 is 0 Å². The van der Waals surface area contributed by atoms with E-state index >= 15 is 0 Å². The Hall–Kier alpha value is 0.01000. The van der Waals surface area contributed by atoms with Crippen molar-refractivity contribution in [1.29, 1.82) is 0 Å². The Kier molecular flexibility index (Phi) is 10.5. The van der Waals surface area contributed by atoms with Crippen molar-refractivity contribution in [2.45, 2.75) is 63.3 Å². The van der Waals surface area contributed by atoms with Crippen LogP contribution in [0, 0.1) is 0 Å². The summed E-state index contributed by atoms with van der Waals surface area (Å²) in [6, 6.07) is 9.29. The Morgan fingerprint density at radius 3 is 2.45 bits per heavy atom. The maximum Gasteiger partial charge on any atom is 0.0176 e. The van der Waals surface area contributed by atoms with Gasteiger partial charge in [-0.3, -0.25) is 0 Å². The standard InChI is InChI=1S/C17H28BrNS/c1-3-5-6-7-8-16(19-13-4-2)14-20-17-11-9-15(18)10-12-17/h9-12,16,19H,3-8,13-14H2,1-2H3. The van der Waals surface area contributed by atoms with Crippen molar-refractivity contribution in [3.05, 3.63) is 28.7 Å². The molecule has 0 aliphatic carbocycles. The van der Waals surface area contributed by atoms with Gasteiger partial charge in [0.25, 0.3) is 0 Å². The molecule has 114 valence electrons. The molecule has 0 heterocycles. The number of unbranched alkanes of at least 4 members (excludes halogenated alkanes) is 3. The molecule has 1 unspecified atom stereocenters. The summed E-state index contributed by atoms with van der Waals surface area (Å²) < 4.78 is 1.15. The van der Waals surface area contributed by atoms with Gasteiger partial charge < -0.3 is 5.32 Å². The van der Waals surface area contributed by atoms with E-state index in [9.17, 15) is 0 Å². The summed E-state index contributed by atoms with van der Waals surface area (Å²) in [7, 11) is 0. The first-order valence-corrected chi connectivity index (χ1v) is 9.65. The summed E-state index contributed by atoms with van der Waals surface area (Å²) in [5, 5.41) is 3.70. The molecule has 0 aliphatic rings. The highest BCUT2D eigenvalue weighted by Gasteiger charge is 2.08. The monoisotopic (exact) mass is 357 g/mol. The Balaban J connectivity index is 2.32. The van der Waals surface area contributed by atoms with E-state index in [0.29, 0.717) is 6.04 Å². The molecule has 1 aromatic carbocycles. The summed E-state index contributed by atoms with van der Waals surface area (Å²) in [6.07, 6.45) is 7.96. The topological polar surface area (TPSA) is 12.0 Å². The van der Waals surface area contributed by atoms with Gasteiger partial charge in [0, 0.05) is 21.2 Å². The zero-order chi connectivity index (χ0) is 14.6. The van der Waals surface area contributed by atoms with Crippen molar-refractivity contribution >= 4 is 27.7 Å². The highest BCUT2D eigenvalue weighted by Crippen LogP contribution is 2.22. The largest absolute Gasteiger partial charge is 0.313 e. The van der Waals surface area contributed by atoms with Gasteiger partial charge in [-0.15, -0.1) is 11.8 Å². The molecule has 3 heteroatoms. The Bertz CT molecular complexity index is 339. The van der Waals surface area contributed by atoms with E-state index in [2.05, 4.69) is 59.4 Å². The molecule has 1 atom stereocenters. The van der Waals surface area contributed by atoms with E-state index in [1.54, 1.807) is 0 Å². The Morgan fingerprint density at radius 1 is 1.05 bits per heavy atom. The van der Waals surface area contributed by atoms with Crippen molar-refractivity contribution < 1.29 is 0 Å². The third-order valence-electron chi connectivity index (χ3n) is 3.35. The minimum absolute atomic E-state index is 0.653. The summed E-state index contributed by atoms with van der Waals surface area (Å²) in [5.74, 6) is 1.17. The average Bonchev–Trinajstić information content (AvgIpc) is 2.47. The second-order valence-corrected chi connectivity index (χ2v) is 7.27. The predicted molar refractivity (Wildman–Crippen MR) is 95.7 cm³/mol. The number of benzene rings is 1. The smallest absolute Gasteiger partial charge is 0.0176 e. The van der Waals surface area contributed by atoms with Crippen molar-refractivity contribution in [1.82, 2.24) is 5.32 Å². The van der Waals surface area contributed by atoms with Crippen LogP contribution in [0.15, 0.2) is 33.6 Å². The van der Waals surface area contributed by atoms with Gasteiger partial charge in [-0.2, -0.15) is 0 Å². The fourth-order valence-corrected chi connectivity index (χ4v) is 3.41. The van der Waals surface area contributed by atoms with Crippen LogP contribution in [-0.4, -0.2) is 18.3 Å². The summed E-state index contributed by atoms with van der Waals surface area (Å²) in [6.45, 7) is 5.65. The molecule has 1 N–H and O–H groups in total. The second-order valence-electron chi connectivity index (χ2n) is 5.27. The van der Waals surface area contributed by atoms with E-state index < -0.39 is 0 Å². The minimum Gasteiger partial charge on any atom is -0.313 e. The zero-order valence-electron chi connectivity index (χ0n) is 12.8. The number of rotatable bonds is 11. The number of nitrogens with one attached hydrogen (secondary N) is 1. The number of hydrogen-bond donors (Lipinski definition) is 1. The Labute approximate surface area is 137 Å². The van der Waals surface area contributed by atoms with Crippen LogP contribution < -0.4 is 5.32 Å². The Morgan fingerprint density at radius 2 is 1.80 bits per heavy atom. The number of hydrogen-bond acceptors (Lipinski definition) is 2. The minimum atomic E-state index is 0.653. The fraction of sp³-hybridized carbons (Fsp3) is 0.647. The van der Waals surface area contributed by atoms with Crippen molar-refractivity contribution in [3.8, 4) is 0 Å². The average molecular weight is 358 g/mol. The third-order valence-corrected chi connectivity index (χ3v) is 5.06. The van der Waals surface area contributed by atoms with Gasteiger partial charge in [-0.05, 0) is 43.7 Å². The molecule has 0 spiro atoms. The normalized spacial score (nSPS) is 12.6. The number of halogens is 1. The molecule has 0 saturated carbocycles. The molecule has 0 bridgehead atoms. The van der Waals surface area contributed by atoms with Gasteiger partial charge in [0.2, 0.25) is 0 Å². The molecule has 1 aromatic rings. The van der Waals surface area contributed by atoms with E-state index in [1.165, 1.54) is 49.2 Å². The van der Waals surface area contributed by atoms with Crippen molar-refractivity contribution in [2.24, 2.45) is 0 Å². The van der Waals surface area contributed by atoms with Gasteiger partial charge in [-0.1, -0.05) is 55.5 Å². The van der Waals surface area contributed by atoms with Crippen LogP contribution in [0.4, 0.5) is 0 Å². The lowest BCUT2D eigenvalue weighted by atomic mass is 10.1. The molecule has 0 radical (unpaired) electrons. The highest BCUT2D eigenvalue weighted by molar-refractivity contribution is 9.10. The molecule has 20 heavy (non-hydrogen) atoms. The van der Waals surface area contributed by atoms with Crippen LogP contribution in [0.5, 0.6) is 0 Å². The molecule has 1 nitrogen and oxygen atoms in total. The van der Waals surface area contributed by atoms with Crippen LogP contribution >= 0.6 is 27.7 Å². The van der Waals surface area contributed by atoms with E-state index in [0.717, 1.165) is 11.0 Å². The molecule has 0 aliphatic heterocycles. The van der Waals surface area contributed by atoms with Crippen LogP contribution in [-0.2, 0) is 0 Å². The van der Waals surface area contributed by atoms with Gasteiger partial charge in [0.05, 0.1) is 0 Å². The van der Waals surface area contributed by atoms with Crippen molar-refractivity contribution in [3.63, 3.8) is 0 Å². The quantitative estimate of drug-likeness (QED) is 0.392. The first kappa shape index (κ1) is 18.1. The molecule has 0 aromatic heterocycles. The highest BCUT2D eigenvalue weighted by atomic mass is 79.9. The maximum absolute atomic E-state index is 3.70. The lowest BCUT2D eigenvalue weighted by molar-refractivity contribution is 0.488. The second kappa shape index (κ2) is 11.6. The van der Waals surface area contributed by atoms with Crippen LogP contribution in [0.2, 0.25) is 0 Å². The zero-order valence-corrected chi connectivity index (χ0v) is 15.2. The van der Waals surface area contributed by atoms with Gasteiger partial charge in [0.1, 0.15) is 0 Å². The predicted octanol–water partition coefficient (Wildman–Crippen LogP) is 5.88. The lowest BCUT2D eigenvalue weighted by Crippen LogP contribution is -2.31. The van der Waals surface area contributed by atoms with Gasteiger partial charge in [-0.25, -0.2) is 0 Å². The van der Waals surface area contributed by atoms with E-state index in [-0.39, 0.29) is 0 Å². The SMILES string of the molecule is CCCCCCC(CSc1ccc(Br)cc1)NCCC. The van der Waals surface area contributed by atoms with Crippen LogP contribution in [0.1, 0.15) is 52.4 Å². The van der Waals surface area contributed by atoms with E-state index in [1.807, 2.05) is 11.8 Å². The van der Waals surface area contributed by atoms with Crippen LogP contribution in [0.3, 0.4) is 0 Å². The van der Waals surface area contributed by atoms with Crippen molar-refractivity contribution in [2.75, 3.05) is 12.3 Å². The molecule has 0 amide bonds. The molecule has 1 rings (SSSR count). The third kappa shape index (κ3) is 8.33. The summed E-state index contributed by atoms with van der Waals surface area (Å²) in [5.41, 5.74) is 0. The maximum atomic E-state index is 3.70. The molecular weight excluding hydrogens is 330 g/mol.